The van der Waals surface area contributed by atoms with Crippen LogP contribution in [0.25, 0.3) is 11.3 Å². The summed E-state index contributed by atoms with van der Waals surface area (Å²) in [6.45, 7) is 2.48. The summed E-state index contributed by atoms with van der Waals surface area (Å²) in [5.41, 5.74) is -0.376. The van der Waals surface area contributed by atoms with E-state index in [1.54, 1.807) is 25.1 Å². The number of fused-ring (bicyclic) bond motifs is 3. The van der Waals surface area contributed by atoms with Crippen molar-refractivity contribution < 1.29 is 18.3 Å². The summed E-state index contributed by atoms with van der Waals surface area (Å²) in [5.74, 6) is -0.414. The molecule has 0 saturated carbocycles. The van der Waals surface area contributed by atoms with Crippen LogP contribution in [0, 0.1) is 11.3 Å². The maximum Gasteiger partial charge on any atom is 0.424 e. The standard InChI is InChI=1S/C16H14F3N3O/c1-9-5-11-6-10(7-20)3-4-12(11)13-8-21-14(22(9)13)15(2,23)16(17,18)19/h3-4,6,8-9,23H,5H2,1-2H3/t9-,15?/m0/s1. The minimum absolute atomic E-state index is 0.308. The van der Waals surface area contributed by atoms with Gasteiger partial charge in [-0.2, -0.15) is 18.4 Å². The average molecular weight is 321 g/mol. The van der Waals surface area contributed by atoms with Crippen LogP contribution in [0.15, 0.2) is 24.4 Å². The van der Waals surface area contributed by atoms with Gasteiger partial charge in [-0.3, -0.25) is 0 Å². The second kappa shape index (κ2) is 4.83. The second-order valence-electron chi connectivity index (χ2n) is 5.94. The molecule has 23 heavy (non-hydrogen) atoms. The highest BCUT2D eigenvalue weighted by Gasteiger charge is 2.54. The molecule has 0 amide bonds. The third-order valence-electron chi connectivity index (χ3n) is 4.25. The van der Waals surface area contributed by atoms with Crippen molar-refractivity contribution in [2.45, 2.75) is 38.1 Å². The van der Waals surface area contributed by atoms with Crippen LogP contribution in [0.5, 0.6) is 0 Å². The van der Waals surface area contributed by atoms with Gasteiger partial charge in [0.1, 0.15) is 0 Å². The molecule has 2 heterocycles. The lowest BCUT2D eigenvalue weighted by Crippen LogP contribution is -2.42. The van der Waals surface area contributed by atoms with Crippen molar-refractivity contribution >= 4 is 0 Å². The van der Waals surface area contributed by atoms with Crippen molar-refractivity contribution in [1.29, 1.82) is 5.26 Å². The predicted octanol–water partition coefficient (Wildman–Crippen LogP) is 3.31. The predicted molar refractivity (Wildman–Crippen MR) is 76.4 cm³/mol. The molecule has 2 atom stereocenters. The summed E-state index contributed by atoms with van der Waals surface area (Å²) in [6.07, 6.45) is -3.01. The van der Waals surface area contributed by atoms with E-state index < -0.39 is 17.6 Å². The van der Waals surface area contributed by atoms with Crippen molar-refractivity contribution in [1.82, 2.24) is 9.55 Å². The van der Waals surface area contributed by atoms with Gasteiger partial charge in [0.25, 0.3) is 0 Å². The molecule has 1 aliphatic heterocycles. The second-order valence-corrected chi connectivity index (χ2v) is 5.94. The minimum Gasteiger partial charge on any atom is -0.374 e. The zero-order valence-electron chi connectivity index (χ0n) is 12.5. The van der Waals surface area contributed by atoms with E-state index in [1.165, 1.54) is 10.8 Å². The number of aromatic nitrogens is 2. The van der Waals surface area contributed by atoms with Gasteiger partial charge in [0.15, 0.2) is 5.82 Å². The number of benzene rings is 1. The molecular weight excluding hydrogens is 307 g/mol. The Morgan fingerprint density at radius 2 is 2.09 bits per heavy atom. The van der Waals surface area contributed by atoms with Crippen molar-refractivity contribution in [3.63, 3.8) is 0 Å². The smallest absolute Gasteiger partial charge is 0.374 e. The molecule has 3 rings (SSSR count). The van der Waals surface area contributed by atoms with E-state index in [-0.39, 0.29) is 6.04 Å². The quantitative estimate of drug-likeness (QED) is 0.876. The lowest BCUT2D eigenvalue weighted by atomic mass is 9.92. The van der Waals surface area contributed by atoms with Crippen molar-refractivity contribution in [3.8, 4) is 17.3 Å². The molecule has 0 saturated heterocycles. The molecule has 0 spiro atoms. The van der Waals surface area contributed by atoms with Crippen LogP contribution in [0.3, 0.4) is 0 Å². The van der Waals surface area contributed by atoms with Gasteiger partial charge in [-0.15, -0.1) is 0 Å². The number of alkyl halides is 3. The fraction of sp³-hybridized carbons (Fsp3) is 0.375. The first-order valence-corrected chi connectivity index (χ1v) is 7.07. The summed E-state index contributed by atoms with van der Waals surface area (Å²) in [5, 5.41) is 18.9. The molecule has 1 aliphatic rings. The van der Waals surface area contributed by atoms with Crippen molar-refractivity contribution in [2.75, 3.05) is 0 Å². The Kier molecular flexibility index (Phi) is 3.27. The Balaban J connectivity index is 2.20. The number of hydrogen-bond donors (Lipinski definition) is 1. The number of aliphatic hydroxyl groups is 1. The monoisotopic (exact) mass is 321 g/mol. The first-order valence-electron chi connectivity index (χ1n) is 7.07. The van der Waals surface area contributed by atoms with Crippen LogP contribution >= 0.6 is 0 Å². The highest BCUT2D eigenvalue weighted by molar-refractivity contribution is 5.67. The molecule has 0 aliphatic carbocycles. The maximum absolute atomic E-state index is 13.1. The molecule has 120 valence electrons. The lowest BCUT2D eigenvalue weighted by Gasteiger charge is -2.32. The molecule has 1 N–H and O–H groups in total. The summed E-state index contributed by atoms with van der Waals surface area (Å²) >= 11 is 0. The number of rotatable bonds is 1. The highest BCUT2D eigenvalue weighted by atomic mass is 19.4. The molecule has 0 radical (unpaired) electrons. The van der Waals surface area contributed by atoms with Gasteiger partial charge >= 0.3 is 6.18 Å². The number of halogens is 3. The number of nitriles is 1. The third kappa shape index (κ3) is 2.21. The fourth-order valence-corrected chi connectivity index (χ4v) is 2.98. The Morgan fingerprint density at radius 3 is 2.70 bits per heavy atom. The van der Waals surface area contributed by atoms with Crippen molar-refractivity contribution in [3.05, 3.63) is 41.3 Å². The summed E-state index contributed by atoms with van der Waals surface area (Å²) < 4.78 is 40.9. The van der Waals surface area contributed by atoms with Gasteiger partial charge in [-0.25, -0.2) is 4.98 Å². The highest BCUT2D eigenvalue weighted by Crippen LogP contribution is 2.43. The number of nitrogens with zero attached hydrogens (tertiary/aromatic N) is 3. The van der Waals surface area contributed by atoms with E-state index in [2.05, 4.69) is 11.1 Å². The first kappa shape index (κ1) is 15.6. The van der Waals surface area contributed by atoms with Crippen LogP contribution in [0.4, 0.5) is 13.2 Å². The van der Waals surface area contributed by atoms with E-state index >= 15 is 0 Å². The Morgan fingerprint density at radius 1 is 1.39 bits per heavy atom. The van der Waals surface area contributed by atoms with Crippen LogP contribution in [0.2, 0.25) is 0 Å². The molecule has 7 heteroatoms. The Hall–Kier alpha value is -2.33. The summed E-state index contributed by atoms with van der Waals surface area (Å²) in [4.78, 5) is 3.86. The van der Waals surface area contributed by atoms with E-state index in [0.29, 0.717) is 24.6 Å². The molecule has 1 unspecified atom stereocenters. The van der Waals surface area contributed by atoms with Crippen LogP contribution in [0.1, 0.15) is 36.8 Å². The van der Waals surface area contributed by atoms with E-state index in [9.17, 15) is 18.3 Å². The van der Waals surface area contributed by atoms with Gasteiger partial charge in [-0.1, -0.05) is 6.07 Å². The lowest BCUT2D eigenvalue weighted by molar-refractivity contribution is -0.262. The summed E-state index contributed by atoms with van der Waals surface area (Å²) in [7, 11) is 0. The fourth-order valence-electron chi connectivity index (χ4n) is 2.98. The van der Waals surface area contributed by atoms with E-state index in [0.717, 1.165) is 11.1 Å². The van der Waals surface area contributed by atoms with Crippen LogP contribution in [-0.4, -0.2) is 20.8 Å². The zero-order chi connectivity index (χ0) is 17.0. The Labute approximate surface area is 130 Å². The minimum atomic E-state index is -4.82. The molecule has 4 nitrogen and oxygen atoms in total. The maximum atomic E-state index is 13.1. The third-order valence-corrected chi connectivity index (χ3v) is 4.25. The molecule has 0 fully saturated rings. The molecule has 2 aromatic rings. The average Bonchev–Trinajstić information content (AvgIpc) is 2.91. The Bertz CT molecular complexity index is 815. The van der Waals surface area contributed by atoms with Gasteiger partial charge in [0, 0.05) is 11.6 Å². The number of hydrogen-bond acceptors (Lipinski definition) is 3. The SMILES string of the molecule is C[C@H]1Cc2cc(C#N)ccc2-c2cnc(C(C)(O)C(F)(F)F)n21. The van der Waals surface area contributed by atoms with Gasteiger partial charge in [-0.05, 0) is 38.0 Å². The zero-order valence-corrected chi connectivity index (χ0v) is 12.5. The number of imidazole rings is 1. The molecule has 0 bridgehead atoms. The summed E-state index contributed by atoms with van der Waals surface area (Å²) in [6, 6.07) is 6.81. The molecule has 1 aromatic heterocycles. The molecule has 1 aromatic carbocycles. The van der Waals surface area contributed by atoms with E-state index in [1.807, 2.05) is 0 Å². The topological polar surface area (TPSA) is 61.8 Å². The first-order chi connectivity index (χ1) is 10.7. The van der Waals surface area contributed by atoms with E-state index in [4.69, 9.17) is 5.26 Å². The van der Waals surface area contributed by atoms with Gasteiger partial charge in [0.2, 0.25) is 5.60 Å². The normalized spacial score (nSPS) is 19.4. The largest absolute Gasteiger partial charge is 0.424 e. The van der Waals surface area contributed by atoms with Crippen LogP contribution < -0.4 is 0 Å². The van der Waals surface area contributed by atoms with Crippen LogP contribution in [-0.2, 0) is 12.0 Å². The van der Waals surface area contributed by atoms with Gasteiger partial charge < -0.3 is 9.67 Å². The van der Waals surface area contributed by atoms with Crippen molar-refractivity contribution in [2.24, 2.45) is 0 Å². The van der Waals surface area contributed by atoms with Gasteiger partial charge in [0.05, 0.1) is 23.5 Å². The molecular formula is C16H14F3N3O.